The Kier molecular flexibility index (Phi) is 5.08. The van der Waals surface area contributed by atoms with E-state index in [4.69, 9.17) is 17.0 Å². The normalized spacial score (nSPS) is 10.2. The zero-order valence-electron chi connectivity index (χ0n) is 13.4. The SMILES string of the molecule is COc1ccc(-c2csc(NC(=S)Nc3ccccc3C)n2)cc1. The van der Waals surface area contributed by atoms with E-state index >= 15 is 0 Å². The van der Waals surface area contributed by atoms with Crippen molar-refractivity contribution in [3.8, 4) is 17.0 Å². The van der Waals surface area contributed by atoms with Gasteiger partial charge in [0, 0.05) is 16.6 Å². The van der Waals surface area contributed by atoms with E-state index in [2.05, 4.69) is 15.6 Å². The first-order valence-corrected chi connectivity index (χ1v) is 8.68. The van der Waals surface area contributed by atoms with E-state index < -0.39 is 0 Å². The van der Waals surface area contributed by atoms with E-state index in [1.807, 2.05) is 60.8 Å². The lowest BCUT2D eigenvalue weighted by Gasteiger charge is -2.10. The smallest absolute Gasteiger partial charge is 0.189 e. The summed E-state index contributed by atoms with van der Waals surface area (Å²) in [7, 11) is 1.66. The molecule has 0 spiro atoms. The predicted molar refractivity (Wildman–Crippen MR) is 105 cm³/mol. The number of aromatic nitrogens is 1. The third kappa shape index (κ3) is 3.90. The van der Waals surface area contributed by atoms with Crippen molar-refractivity contribution in [1.82, 2.24) is 4.98 Å². The van der Waals surface area contributed by atoms with Crippen molar-refractivity contribution in [3.05, 3.63) is 59.5 Å². The molecule has 0 aliphatic carbocycles. The Morgan fingerprint density at radius 2 is 1.83 bits per heavy atom. The zero-order valence-corrected chi connectivity index (χ0v) is 15.0. The van der Waals surface area contributed by atoms with Crippen LogP contribution in [0.1, 0.15) is 5.56 Å². The quantitative estimate of drug-likeness (QED) is 0.649. The van der Waals surface area contributed by atoms with Gasteiger partial charge in [-0.15, -0.1) is 11.3 Å². The average molecular weight is 355 g/mol. The highest BCUT2D eigenvalue weighted by Crippen LogP contribution is 2.26. The molecule has 0 aliphatic rings. The number of benzene rings is 2. The molecule has 6 heteroatoms. The van der Waals surface area contributed by atoms with Crippen LogP contribution in [0.4, 0.5) is 10.8 Å². The molecule has 4 nitrogen and oxygen atoms in total. The molecule has 0 aliphatic heterocycles. The summed E-state index contributed by atoms with van der Waals surface area (Å²) in [6.45, 7) is 2.04. The van der Waals surface area contributed by atoms with Crippen LogP contribution >= 0.6 is 23.6 Å². The van der Waals surface area contributed by atoms with E-state index in [1.54, 1.807) is 7.11 Å². The monoisotopic (exact) mass is 355 g/mol. The molecule has 0 unspecified atom stereocenters. The predicted octanol–water partition coefficient (Wildman–Crippen LogP) is 4.94. The lowest BCUT2D eigenvalue weighted by molar-refractivity contribution is 0.415. The van der Waals surface area contributed by atoms with Gasteiger partial charge >= 0.3 is 0 Å². The fraction of sp³-hybridized carbons (Fsp3) is 0.111. The number of rotatable bonds is 4. The van der Waals surface area contributed by atoms with Crippen LogP contribution < -0.4 is 15.4 Å². The van der Waals surface area contributed by atoms with Gasteiger partial charge in [-0.25, -0.2) is 4.98 Å². The maximum Gasteiger partial charge on any atom is 0.189 e. The molecular weight excluding hydrogens is 338 g/mol. The summed E-state index contributed by atoms with van der Waals surface area (Å²) >= 11 is 6.88. The summed E-state index contributed by atoms with van der Waals surface area (Å²) in [6, 6.07) is 15.8. The number of para-hydroxylation sites is 1. The lowest BCUT2D eigenvalue weighted by atomic mass is 10.2. The first-order chi connectivity index (χ1) is 11.7. The van der Waals surface area contributed by atoms with Crippen LogP contribution in [0.25, 0.3) is 11.3 Å². The van der Waals surface area contributed by atoms with Crippen LogP contribution in [0.15, 0.2) is 53.9 Å². The lowest BCUT2D eigenvalue weighted by Crippen LogP contribution is -2.19. The number of nitrogens with zero attached hydrogens (tertiary/aromatic N) is 1. The van der Waals surface area contributed by atoms with Crippen molar-refractivity contribution >= 4 is 39.5 Å². The van der Waals surface area contributed by atoms with Gasteiger partial charge in [0.2, 0.25) is 0 Å². The molecule has 122 valence electrons. The summed E-state index contributed by atoms with van der Waals surface area (Å²) in [5.41, 5.74) is 4.07. The van der Waals surface area contributed by atoms with E-state index in [-0.39, 0.29) is 0 Å². The summed E-state index contributed by atoms with van der Waals surface area (Å²) in [5, 5.41) is 9.61. The number of thiocarbonyl (C=S) groups is 1. The van der Waals surface area contributed by atoms with Crippen molar-refractivity contribution in [2.24, 2.45) is 0 Å². The van der Waals surface area contributed by atoms with Crippen molar-refractivity contribution < 1.29 is 4.74 Å². The number of ether oxygens (including phenoxy) is 1. The molecule has 0 amide bonds. The summed E-state index contributed by atoms with van der Waals surface area (Å²) in [5.74, 6) is 0.830. The molecule has 0 saturated heterocycles. The van der Waals surface area contributed by atoms with E-state index in [1.165, 1.54) is 11.3 Å². The fourth-order valence-electron chi connectivity index (χ4n) is 2.19. The topological polar surface area (TPSA) is 46.2 Å². The number of hydrogen-bond donors (Lipinski definition) is 2. The first kappa shape index (κ1) is 16.4. The second-order valence-electron chi connectivity index (χ2n) is 5.16. The molecule has 2 aromatic carbocycles. The Morgan fingerprint density at radius 3 is 2.54 bits per heavy atom. The Morgan fingerprint density at radius 1 is 1.08 bits per heavy atom. The molecule has 0 fully saturated rings. The maximum absolute atomic E-state index is 5.36. The standard InChI is InChI=1S/C18H17N3OS2/c1-12-5-3-4-6-15(12)19-17(23)21-18-20-16(11-24-18)13-7-9-14(22-2)10-8-13/h3-11H,1-2H3,(H2,19,20,21,23). The van der Waals surface area contributed by atoms with E-state index in [0.717, 1.165) is 33.4 Å². The third-order valence-electron chi connectivity index (χ3n) is 3.50. The molecule has 1 aromatic heterocycles. The molecule has 0 saturated carbocycles. The Balaban J connectivity index is 1.67. The van der Waals surface area contributed by atoms with Gasteiger partial charge in [0.15, 0.2) is 10.2 Å². The Labute approximate surface area is 150 Å². The zero-order chi connectivity index (χ0) is 16.9. The van der Waals surface area contributed by atoms with Crippen molar-refractivity contribution in [2.75, 3.05) is 17.7 Å². The molecule has 3 aromatic rings. The highest BCUT2D eigenvalue weighted by molar-refractivity contribution is 7.80. The molecule has 0 radical (unpaired) electrons. The molecule has 3 rings (SSSR count). The van der Waals surface area contributed by atoms with Gasteiger partial charge in [-0.05, 0) is 55.0 Å². The maximum atomic E-state index is 5.36. The van der Waals surface area contributed by atoms with Crippen LogP contribution in [0.5, 0.6) is 5.75 Å². The van der Waals surface area contributed by atoms with Crippen LogP contribution in [-0.4, -0.2) is 17.2 Å². The van der Waals surface area contributed by atoms with Gasteiger partial charge in [-0.1, -0.05) is 18.2 Å². The van der Waals surface area contributed by atoms with Crippen molar-refractivity contribution in [2.45, 2.75) is 6.92 Å². The molecular formula is C18H17N3OS2. The Hall–Kier alpha value is -2.44. The van der Waals surface area contributed by atoms with Gasteiger partial charge in [0.25, 0.3) is 0 Å². The molecule has 1 heterocycles. The van der Waals surface area contributed by atoms with Crippen LogP contribution in [-0.2, 0) is 0 Å². The van der Waals surface area contributed by atoms with Gasteiger partial charge in [-0.2, -0.15) is 0 Å². The van der Waals surface area contributed by atoms with Crippen molar-refractivity contribution in [1.29, 1.82) is 0 Å². The van der Waals surface area contributed by atoms with Gasteiger partial charge in [-0.3, -0.25) is 0 Å². The van der Waals surface area contributed by atoms with Gasteiger partial charge in [0.05, 0.1) is 12.8 Å². The van der Waals surface area contributed by atoms with Crippen molar-refractivity contribution in [3.63, 3.8) is 0 Å². The van der Waals surface area contributed by atoms with Gasteiger partial charge in [0.1, 0.15) is 5.75 Å². The Bertz CT molecular complexity index is 843. The minimum Gasteiger partial charge on any atom is -0.497 e. The highest BCUT2D eigenvalue weighted by atomic mass is 32.1. The summed E-state index contributed by atoms with van der Waals surface area (Å²) in [4.78, 5) is 4.58. The highest BCUT2D eigenvalue weighted by Gasteiger charge is 2.07. The minimum atomic E-state index is 0.528. The van der Waals surface area contributed by atoms with Gasteiger partial charge < -0.3 is 15.4 Å². The fourth-order valence-corrected chi connectivity index (χ4v) is 3.18. The van der Waals surface area contributed by atoms with Crippen LogP contribution in [0.3, 0.4) is 0 Å². The molecule has 0 atom stereocenters. The molecule has 24 heavy (non-hydrogen) atoms. The second-order valence-corrected chi connectivity index (χ2v) is 6.43. The summed E-state index contributed by atoms with van der Waals surface area (Å²) in [6.07, 6.45) is 0. The summed E-state index contributed by atoms with van der Waals surface area (Å²) < 4.78 is 5.17. The number of hydrogen-bond acceptors (Lipinski definition) is 4. The number of aryl methyl sites for hydroxylation is 1. The number of anilines is 2. The first-order valence-electron chi connectivity index (χ1n) is 7.39. The third-order valence-corrected chi connectivity index (χ3v) is 4.47. The number of methoxy groups -OCH3 is 1. The second kappa shape index (κ2) is 7.42. The van der Waals surface area contributed by atoms with Crippen LogP contribution in [0, 0.1) is 6.92 Å². The molecule has 0 bridgehead atoms. The molecule has 2 N–H and O–H groups in total. The van der Waals surface area contributed by atoms with E-state index in [9.17, 15) is 0 Å². The average Bonchev–Trinajstić information content (AvgIpc) is 3.05. The van der Waals surface area contributed by atoms with Crippen LogP contribution in [0.2, 0.25) is 0 Å². The number of thiazole rings is 1. The largest absolute Gasteiger partial charge is 0.497 e. The minimum absolute atomic E-state index is 0.528. The number of nitrogens with one attached hydrogen (secondary N) is 2. The van der Waals surface area contributed by atoms with E-state index in [0.29, 0.717) is 5.11 Å².